The molecule has 0 radical (unpaired) electrons. The second-order valence-electron chi connectivity index (χ2n) is 5.48. The summed E-state index contributed by atoms with van der Waals surface area (Å²) < 4.78 is 5.54. The van der Waals surface area contributed by atoms with E-state index in [1.165, 1.54) is 5.56 Å². The Hall–Kier alpha value is -1.24. The molecule has 0 bridgehead atoms. The minimum absolute atomic E-state index is 0.0906. The highest BCUT2D eigenvalue weighted by Crippen LogP contribution is 2.14. The van der Waals surface area contributed by atoms with E-state index in [0.717, 1.165) is 25.4 Å². The maximum Gasteiger partial charge on any atom is 0.122 e. The average Bonchev–Trinajstić information content (AvgIpc) is 2.72. The van der Waals surface area contributed by atoms with Crippen molar-refractivity contribution in [2.45, 2.75) is 46.3 Å². The highest BCUT2D eigenvalue weighted by molar-refractivity contribution is 5.17. The first-order valence-corrected chi connectivity index (χ1v) is 6.42. The van der Waals surface area contributed by atoms with Gasteiger partial charge < -0.3 is 9.73 Å². The Morgan fingerprint density at radius 1 is 1.44 bits per heavy atom. The molecule has 0 aliphatic carbocycles. The first kappa shape index (κ1) is 14.8. The second kappa shape index (κ2) is 6.63. The van der Waals surface area contributed by atoms with Crippen LogP contribution in [0.15, 0.2) is 16.7 Å². The van der Waals surface area contributed by atoms with Gasteiger partial charge in [-0.15, -0.1) is 6.42 Å². The molecule has 0 spiro atoms. The third-order valence-electron chi connectivity index (χ3n) is 2.77. The molecule has 1 aromatic heterocycles. The molecule has 1 aromatic rings. The molecule has 1 N–H and O–H groups in total. The van der Waals surface area contributed by atoms with Crippen LogP contribution < -0.4 is 5.32 Å². The van der Waals surface area contributed by atoms with Gasteiger partial charge in [-0.2, -0.15) is 0 Å². The largest absolute Gasteiger partial charge is 0.468 e. The molecule has 0 unspecified atom stereocenters. The molecule has 0 aromatic carbocycles. The zero-order valence-corrected chi connectivity index (χ0v) is 11.9. The standard InChI is InChI=1S/C15H24N2O/c1-6-9-17(7-2)12-13-8-10-18-14(13)11-16-15(3,4)5/h1,8,10,16H,7,9,11-12H2,2-5H3. The number of terminal acetylenes is 1. The fraction of sp³-hybridized carbons (Fsp3) is 0.600. The Labute approximate surface area is 111 Å². The van der Waals surface area contributed by atoms with E-state index in [1.54, 1.807) is 6.26 Å². The third-order valence-corrected chi connectivity index (χ3v) is 2.77. The van der Waals surface area contributed by atoms with Crippen molar-refractivity contribution < 1.29 is 4.42 Å². The van der Waals surface area contributed by atoms with Crippen LogP contribution in [-0.4, -0.2) is 23.5 Å². The van der Waals surface area contributed by atoms with Crippen LogP contribution in [0.25, 0.3) is 0 Å². The monoisotopic (exact) mass is 248 g/mol. The van der Waals surface area contributed by atoms with Crippen molar-refractivity contribution in [3.63, 3.8) is 0 Å². The second-order valence-corrected chi connectivity index (χ2v) is 5.48. The first-order chi connectivity index (χ1) is 8.46. The van der Waals surface area contributed by atoms with Crippen LogP contribution in [0.4, 0.5) is 0 Å². The van der Waals surface area contributed by atoms with Gasteiger partial charge in [0.1, 0.15) is 5.76 Å². The maximum atomic E-state index is 5.54. The van der Waals surface area contributed by atoms with Gasteiger partial charge in [0.05, 0.1) is 19.4 Å². The van der Waals surface area contributed by atoms with Crippen molar-refractivity contribution in [2.24, 2.45) is 0 Å². The Bertz CT molecular complexity index is 395. The summed E-state index contributed by atoms with van der Waals surface area (Å²) in [6.07, 6.45) is 7.11. The van der Waals surface area contributed by atoms with E-state index in [4.69, 9.17) is 10.8 Å². The van der Waals surface area contributed by atoms with Gasteiger partial charge in [0.15, 0.2) is 0 Å². The van der Waals surface area contributed by atoms with Crippen LogP contribution >= 0.6 is 0 Å². The normalized spacial score (nSPS) is 11.8. The lowest BCUT2D eigenvalue weighted by Crippen LogP contribution is -2.35. The quantitative estimate of drug-likeness (QED) is 0.784. The molecule has 18 heavy (non-hydrogen) atoms. The Morgan fingerprint density at radius 3 is 2.72 bits per heavy atom. The van der Waals surface area contributed by atoms with Gasteiger partial charge in [-0.3, -0.25) is 4.90 Å². The summed E-state index contributed by atoms with van der Waals surface area (Å²) in [5, 5.41) is 3.44. The summed E-state index contributed by atoms with van der Waals surface area (Å²) in [6.45, 7) is 11.8. The fourth-order valence-corrected chi connectivity index (χ4v) is 1.66. The molecule has 1 heterocycles. The molecule has 3 heteroatoms. The minimum Gasteiger partial charge on any atom is -0.468 e. The van der Waals surface area contributed by atoms with E-state index >= 15 is 0 Å². The van der Waals surface area contributed by atoms with Crippen molar-refractivity contribution in [1.82, 2.24) is 10.2 Å². The molecule has 0 fully saturated rings. The van der Waals surface area contributed by atoms with E-state index in [0.29, 0.717) is 6.54 Å². The number of nitrogens with one attached hydrogen (secondary N) is 1. The summed E-state index contributed by atoms with van der Waals surface area (Å²) in [6, 6.07) is 2.03. The molecule has 0 saturated carbocycles. The number of hydrogen-bond donors (Lipinski definition) is 1. The van der Waals surface area contributed by atoms with Crippen molar-refractivity contribution in [1.29, 1.82) is 0 Å². The Morgan fingerprint density at radius 2 is 2.17 bits per heavy atom. The van der Waals surface area contributed by atoms with Crippen LogP contribution in [0.1, 0.15) is 39.0 Å². The highest BCUT2D eigenvalue weighted by atomic mass is 16.3. The van der Waals surface area contributed by atoms with E-state index in [2.05, 4.69) is 43.8 Å². The number of furan rings is 1. The van der Waals surface area contributed by atoms with Crippen LogP contribution in [-0.2, 0) is 13.1 Å². The molecule has 0 aliphatic heterocycles. The van der Waals surface area contributed by atoms with Gasteiger partial charge in [0.25, 0.3) is 0 Å². The van der Waals surface area contributed by atoms with Crippen molar-refractivity contribution >= 4 is 0 Å². The number of nitrogens with zero attached hydrogens (tertiary/aromatic N) is 1. The van der Waals surface area contributed by atoms with E-state index in [1.807, 2.05) is 6.07 Å². The summed E-state index contributed by atoms with van der Waals surface area (Å²) in [5.74, 6) is 3.69. The number of rotatable bonds is 6. The predicted octanol–water partition coefficient (Wildman–Crippen LogP) is 2.62. The van der Waals surface area contributed by atoms with E-state index in [9.17, 15) is 0 Å². The van der Waals surface area contributed by atoms with Gasteiger partial charge >= 0.3 is 0 Å². The minimum atomic E-state index is 0.0906. The maximum absolute atomic E-state index is 5.54. The topological polar surface area (TPSA) is 28.4 Å². The fourth-order valence-electron chi connectivity index (χ4n) is 1.66. The molecular weight excluding hydrogens is 224 g/mol. The van der Waals surface area contributed by atoms with Crippen LogP contribution in [0, 0.1) is 12.3 Å². The summed E-state index contributed by atoms with van der Waals surface area (Å²) in [4.78, 5) is 2.21. The zero-order chi connectivity index (χ0) is 13.6. The Kier molecular flexibility index (Phi) is 5.46. The lowest BCUT2D eigenvalue weighted by molar-refractivity contribution is 0.309. The van der Waals surface area contributed by atoms with Crippen LogP contribution in [0.5, 0.6) is 0 Å². The third kappa shape index (κ3) is 4.95. The molecule has 100 valence electrons. The summed E-state index contributed by atoms with van der Waals surface area (Å²) in [7, 11) is 0. The summed E-state index contributed by atoms with van der Waals surface area (Å²) >= 11 is 0. The van der Waals surface area contributed by atoms with Crippen molar-refractivity contribution in [3.05, 3.63) is 23.7 Å². The highest BCUT2D eigenvalue weighted by Gasteiger charge is 2.13. The Balaban J connectivity index is 2.62. The zero-order valence-electron chi connectivity index (χ0n) is 11.9. The predicted molar refractivity (Wildman–Crippen MR) is 75.1 cm³/mol. The van der Waals surface area contributed by atoms with E-state index in [-0.39, 0.29) is 5.54 Å². The van der Waals surface area contributed by atoms with Crippen LogP contribution in [0.2, 0.25) is 0 Å². The lowest BCUT2D eigenvalue weighted by Gasteiger charge is -2.21. The molecule has 0 aliphatic rings. The van der Waals surface area contributed by atoms with Gasteiger partial charge in [-0.1, -0.05) is 12.8 Å². The summed E-state index contributed by atoms with van der Waals surface area (Å²) in [5.41, 5.74) is 1.30. The van der Waals surface area contributed by atoms with Gasteiger partial charge in [0.2, 0.25) is 0 Å². The SMILES string of the molecule is C#CCN(CC)Cc1ccoc1CNC(C)(C)C. The van der Waals surface area contributed by atoms with Gasteiger partial charge in [-0.25, -0.2) is 0 Å². The smallest absolute Gasteiger partial charge is 0.122 e. The van der Waals surface area contributed by atoms with E-state index < -0.39 is 0 Å². The molecule has 0 atom stereocenters. The van der Waals surface area contributed by atoms with Crippen molar-refractivity contribution in [3.8, 4) is 12.3 Å². The molecule has 1 rings (SSSR count). The number of hydrogen-bond acceptors (Lipinski definition) is 3. The van der Waals surface area contributed by atoms with Gasteiger partial charge in [0, 0.05) is 17.6 Å². The van der Waals surface area contributed by atoms with Gasteiger partial charge in [-0.05, 0) is 33.4 Å². The first-order valence-electron chi connectivity index (χ1n) is 6.42. The van der Waals surface area contributed by atoms with Crippen LogP contribution in [0.3, 0.4) is 0 Å². The molecular formula is C15H24N2O. The van der Waals surface area contributed by atoms with Crippen molar-refractivity contribution in [2.75, 3.05) is 13.1 Å². The lowest BCUT2D eigenvalue weighted by atomic mass is 10.1. The average molecular weight is 248 g/mol. The molecule has 0 amide bonds. The molecule has 3 nitrogen and oxygen atoms in total. The molecule has 0 saturated heterocycles.